The van der Waals surface area contributed by atoms with Crippen molar-refractivity contribution in [1.82, 2.24) is 5.32 Å². The molecule has 1 atom stereocenters. The van der Waals surface area contributed by atoms with Gasteiger partial charge in [-0.05, 0) is 37.6 Å². The Morgan fingerprint density at radius 1 is 1.26 bits per heavy atom. The first-order valence-electron chi connectivity index (χ1n) is 6.65. The molecule has 4 nitrogen and oxygen atoms in total. The van der Waals surface area contributed by atoms with Crippen LogP contribution in [0.4, 0.5) is 0 Å². The van der Waals surface area contributed by atoms with Gasteiger partial charge < -0.3 is 9.47 Å². The Kier molecular flexibility index (Phi) is 5.83. The van der Waals surface area contributed by atoms with Crippen LogP contribution in [-0.2, 0) is 15.1 Å². The van der Waals surface area contributed by atoms with E-state index in [1.807, 2.05) is 38.1 Å². The molecule has 106 valence electrons. The van der Waals surface area contributed by atoms with Gasteiger partial charge in [-0.25, -0.2) is 4.79 Å². The maximum absolute atomic E-state index is 12.0. The van der Waals surface area contributed by atoms with Crippen molar-refractivity contribution in [3.63, 3.8) is 0 Å². The van der Waals surface area contributed by atoms with Crippen molar-refractivity contribution in [2.24, 2.45) is 0 Å². The van der Waals surface area contributed by atoms with Crippen molar-refractivity contribution in [3.8, 4) is 5.75 Å². The third kappa shape index (κ3) is 3.70. The van der Waals surface area contributed by atoms with E-state index < -0.39 is 5.54 Å². The van der Waals surface area contributed by atoms with Crippen LogP contribution in [0.2, 0.25) is 0 Å². The van der Waals surface area contributed by atoms with Gasteiger partial charge in [-0.15, -0.1) is 0 Å². The highest BCUT2D eigenvalue weighted by molar-refractivity contribution is 5.82. The van der Waals surface area contributed by atoms with Gasteiger partial charge in [-0.2, -0.15) is 0 Å². The van der Waals surface area contributed by atoms with Crippen molar-refractivity contribution < 1.29 is 14.3 Å². The van der Waals surface area contributed by atoms with E-state index in [0.29, 0.717) is 13.2 Å². The van der Waals surface area contributed by atoms with Gasteiger partial charge >= 0.3 is 5.97 Å². The molecule has 0 bridgehead atoms. The van der Waals surface area contributed by atoms with Crippen LogP contribution in [0.3, 0.4) is 0 Å². The number of methoxy groups -OCH3 is 1. The van der Waals surface area contributed by atoms with Gasteiger partial charge in [0.05, 0.1) is 13.7 Å². The summed E-state index contributed by atoms with van der Waals surface area (Å²) < 4.78 is 10.4. The molecule has 0 saturated carbocycles. The zero-order chi connectivity index (χ0) is 14.3. The maximum atomic E-state index is 12.0. The molecule has 1 N–H and O–H groups in total. The van der Waals surface area contributed by atoms with Crippen LogP contribution in [0.1, 0.15) is 32.8 Å². The quantitative estimate of drug-likeness (QED) is 0.769. The first-order valence-corrected chi connectivity index (χ1v) is 6.65. The van der Waals surface area contributed by atoms with Crippen LogP contribution in [-0.4, -0.2) is 26.2 Å². The summed E-state index contributed by atoms with van der Waals surface area (Å²) in [7, 11) is 1.40. The van der Waals surface area contributed by atoms with E-state index in [2.05, 4.69) is 12.2 Å². The van der Waals surface area contributed by atoms with Crippen LogP contribution in [0, 0.1) is 0 Å². The Morgan fingerprint density at radius 2 is 1.89 bits per heavy atom. The predicted molar refractivity (Wildman–Crippen MR) is 75.3 cm³/mol. The number of ether oxygens (including phenoxy) is 2. The molecule has 0 radical (unpaired) electrons. The molecule has 1 rings (SSSR count). The van der Waals surface area contributed by atoms with Crippen LogP contribution in [0.15, 0.2) is 24.3 Å². The van der Waals surface area contributed by atoms with Crippen LogP contribution >= 0.6 is 0 Å². The molecule has 1 aromatic rings. The highest BCUT2D eigenvalue weighted by atomic mass is 16.5. The fourth-order valence-corrected chi connectivity index (χ4v) is 1.95. The molecule has 0 amide bonds. The van der Waals surface area contributed by atoms with E-state index in [0.717, 1.165) is 17.7 Å². The number of esters is 1. The van der Waals surface area contributed by atoms with E-state index in [1.165, 1.54) is 7.11 Å². The Bertz CT molecular complexity index is 402. The van der Waals surface area contributed by atoms with E-state index in [1.54, 1.807) is 0 Å². The van der Waals surface area contributed by atoms with Crippen molar-refractivity contribution >= 4 is 5.97 Å². The Labute approximate surface area is 115 Å². The number of hydrogen-bond acceptors (Lipinski definition) is 4. The summed E-state index contributed by atoms with van der Waals surface area (Å²) in [6.45, 7) is 7.22. The second-order valence-corrected chi connectivity index (χ2v) is 4.52. The monoisotopic (exact) mass is 265 g/mol. The highest BCUT2D eigenvalue weighted by Crippen LogP contribution is 2.24. The van der Waals surface area contributed by atoms with Gasteiger partial charge in [-0.1, -0.05) is 26.0 Å². The molecule has 1 unspecified atom stereocenters. The summed E-state index contributed by atoms with van der Waals surface area (Å²) in [6, 6.07) is 7.54. The normalized spacial score (nSPS) is 13.7. The van der Waals surface area contributed by atoms with Gasteiger partial charge in [0.25, 0.3) is 0 Å². The standard InChI is InChI=1S/C15H23NO3/c1-5-11-19-13-9-7-12(8-10-13)15(3,16-6-2)14(17)18-4/h7-10,16H,5-6,11H2,1-4H3. The lowest BCUT2D eigenvalue weighted by atomic mass is 9.92. The van der Waals surface area contributed by atoms with Gasteiger partial charge in [0, 0.05) is 0 Å². The third-order valence-electron chi connectivity index (χ3n) is 3.03. The minimum Gasteiger partial charge on any atom is -0.494 e. The summed E-state index contributed by atoms with van der Waals surface area (Å²) in [4.78, 5) is 12.0. The van der Waals surface area contributed by atoms with E-state index in [-0.39, 0.29) is 5.97 Å². The van der Waals surface area contributed by atoms with Crippen LogP contribution < -0.4 is 10.1 Å². The van der Waals surface area contributed by atoms with Crippen molar-refractivity contribution in [3.05, 3.63) is 29.8 Å². The largest absolute Gasteiger partial charge is 0.494 e. The molecule has 0 saturated heterocycles. The average Bonchev–Trinajstić information content (AvgIpc) is 2.44. The molecule has 4 heteroatoms. The topological polar surface area (TPSA) is 47.6 Å². The number of carbonyl (C=O) groups excluding carboxylic acids is 1. The number of carbonyl (C=O) groups is 1. The molecular formula is C15H23NO3. The Morgan fingerprint density at radius 3 is 2.37 bits per heavy atom. The number of rotatable bonds is 7. The molecule has 19 heavy (non-hydrogen) atoms. The lowest BCUT2D eigenvalue weighted by molar-refractivity contribution is -0.148. The van der Waals surface area contributed by atoms with Gasteiger partial charge in [-0.3, -0.25) is 5.32 Å². The SMILES string of the molecule is CCCOc1ccc(C(C)(NCC)C(=O)OC)cc1. The second-order valence-electron chi connectivity index (χ2n) is 4.52. The summed E-state index contributed by atoms with van der Waals surface area (Å²) in [5, 5.41) is 3.17. The summed E-state index contributed by atoms with van der Waals surface area (Å²) in [5.74, 6) is 0.519. The van der Waals surface area contributed by atoms with Gasteiger partial charge in [0.2, 0.25) is 0 Å². The number of likely N-dealkylation sites (N-methyl/N-ethyl adjacent to an activating group) is 1. The van der Waals surface area contributed by atoms with Crippen LogP contribution in [0.25, 0.3) is 0 Å². The average molecular weight is 265 g/mol. The smallest absolute Gasteiger partial charge is 0.330 e. The summed E-state index contributed by atoms with van der Waals surface area (Å²) in [5.41, 5.74) is 0.0392. The second kappa shape index (κ2) is 7.14. The molecule has 0 aliphatic heterocycles. The molecule has 0 heterocycles. The van der Waals surface area contributed by atoms with Crippen molar-refractivity contribution in [1.29, 1.82) is 0 Å². The fraction of sp³-hybridized carbons (Fsp3) is 0.533. The van der Waals surface area contributed by atoms with Gasteiger partial charge in [0.1, 0.15) is 11.3 Å². The van der Waals surface area contributed by atoms with Gasteiger partial charge in [0.15, 0.2) is 0 Å². The Hall–Kier alpha value is -1.55. The van der Waals surface area contributed by atoms with Crippen molar-refractivity contribution in [2.45, 2.75) is 32.7 Å². The number of benzene rings is 1. The number of nitrogens with one attached hydrogen (secondary N) is 1. The summed E-state index contributed by atoms with van der Waals surface area (Å²) in [6.07, 6.45) is 0.971. The molecule has 0 aromatic heterocycles. The summed E-state index contributed by atoms with van der Waals surface area (Å²) >= 11 is 0. The van der Waals surface area contributed by atoms with E-state index >= 15 is 0 Å². The zero-order valence-corrected chi connectivity index (χ0v) is 12.2. The highest BCUT2D eigenvalue weighted by Gasteiger charge is 2.35. The minimum atomic E-state index is -0.827. The molecular weight excluding hydrogens is 242 g/mol. The van der Waals surface area contributed by atoms with Crippen LogP contribution in [0.5, 0.6) is 5.75 Å². The van der Waals surface area contributed by atoms with Crippen molar-refractivity contribution in [2.75, 3.05) is 20.3 Å². The predicted octanol–water partition coefficient (Wildman–Crippen LogP) is 2.47. The molecule has 0 aliphatic rings. The van der Waals surface area contributed by atoms with E-state index in [9.17, 15) is 4.79 Å². The fourth-order valence-electron chi connectivity index (χ4n) is 1.95. The molecule has 0 fully saturated rings. The maximum Gasteiger partial charge on any atom is 0.330 e. The lowest BCUT2D eigenvalue weighted by Gasteiger charge is -2.28. The Balaban J connectivity index is 2.94. The zero-order valence-electron chi connectivity index (χ0n) is 12.2. The first kappa shape index (κ1) is 15.5. The minimum absolute atomic E-state index is 0.295. The lowest BCUT2D eigenvalue weighted by Crippen LogP contribution is -2.47. The molecule has 0 spiro atoms. The third-order valence-corrected chi connectivity index (χ3v) is 3.03. The number of hydrogen-bond donors (Lipinski definition) is 1. The molecule has 0 aliphatic carbocycles. The van der Waals surface area contributed by atoms with E-state index in [4.69, 9.17) is 9.47 Å². The first-order chi connectivity index (χ1) is 9.08. The molecule has 1 aromatic carbocycles.